The molecule has 0 aromatic heterocycles. The van der Waals surface area contributed by atoms with E-state index >= 15 is 0 Å². The number of piperidine rings is 1. The second-order valence-electron chi connectivity index (χ2n) is 4.75. The summed E-state index contributed by atoms with van der Waals surface area (Å²) in [5.41, 5.74) is 0. The maximum Gasteiger partial charge on any atom is 0.306 e. The van der Waals surface area contributed by atoms with Gasteiger partial charge in [-0.3, -0.25) is 9.69 Å². The number of rotatable bonds is 2. The Morgan fingerprint density at radius 3 is 2.00 bits per heavy atom. The van der Waals surface area contributed by atoms with Crippen molar-refractivity contribution in [2.24, 2.45) is 5.92 Å². The van der Waals surface area contributed by atoms with Gasteiger partial charge in [0.25, 0.3) is 0 Å². The van der Waals surface area contributed by atoms with Gasteiger partial charge in [-0.05, 0) is 40.5 Å². The molecule has 0 amide bonds. The third-order valence-electron chi connectivity index (χ3n) is 3.21. The number of hydrogen-bond donors (Lipinski definition) is 1. The SMILES string of the molecule is CC(C)N1C(C)CC(C(=O)O)CC1C. The number of likely N-dealkylation sites (tertiary alicyclic amines) is 1. The van der Waals surface area contributed by atoms with E-state index in [1.165, 1.54) is 0 Å². The third-order valence-corrected chi connectivity index (χ3v) is 3.21. The van der Waals surface area contributed by atoms with Gasteiger partial charge in [-0.15, -0.1) is 0 Å². The van der Waals surface area contributed by atoms with Crippen LogP contribution in [0.2, 0.25) is 0 Å². The van der Waals surface area contributed by atoms with Gasteiger partial charge < -0.3 is 5.11 Å². The predicted molar refractivity (Wildman–Crippen MR) is 56.3 cm³/mol. The van der Waals surface area contributed by atoms with Gasteiger partial charge >= 0.3 is 5.97 Å². The molecule has 1 N–H and O–H groups in total. The second kappa shape index (κ2) is 4.30. The Hall–Kier alpha value is -0.570. The first-order valence-corrected chi connectivity index (χ1v) is 5.43. The lowest BCUT2D eigenvalue weighted by Crippen LogP contribution is -2.51. The van der Waals surface area contributed by atoms with Crippen molar-refractivity contribution >= 4 is 5.97 Å². The molecule has 1 aliphatic rings. The molecule has 3 heteroatoms. The van der Waals surface area contributed by atoms with Crippen molar-refractivity contribution in [1.29, 1.82) is 0 Å². The summed E-state index contributed by atoms with van der Waals surface area (Å²) in [6.07, 6.45) is 1.58. The van der Waals surface area contributed by atoms with E-state index in [2.05, 4.69) is 32.6 Å². The van der Waals surface area contributed by atoms with Crippen molar-refractivity contribution in [2.75, 3.05) is 0 Å². The van der Waals surface area contributed by atoms with Gasteiger partial charge in [-0.25, -0.2) is 0 Å². The van der Waals surface area contributed by atoms with Crippen molar-refractivity contribution in [3.8, 4) is 0 Å². The van der Waals surface area contributed by atoms with Crippen LogP contribution in [-0.4, -0.2) is 34.1 Å². The molecular weight excluding hydrogens is 178 g/mol. The molecule has 0 aliphatic carbocycles. The minimum Gasteiger partial charge on any atom is -0.481 e. The molecule has 0 spiro atoms. The molecule has 1 fully saturated rings. The third kappa shape index (κ3) is 2.27. The molecule has 1 rings (SSSR count). The maximum atomic E-state index is 10.9. The fraction of sp³-hybridized carbons (Fsp3) is 0.909. The molecule has 0 radical (unpaired) electrons. The van der Waals surface area contributed by atoms with Crippen molar-refractivity contribution < 1.29 is 9.90 Å². The van der Waals surface area contributed by atoms with E-state index in [9.17, 15) is 4.79 Å². The summed E-state index contributed by atoms with van der Waals surface area (Å²) < 4.78 is 0. The lowest BCUT2D eigenvalue weighted by Gasteiger charge is -2.44. The predicted octanol–water partition coefficient (Wildman–Crippen LogP) is 1.97. The number of carboxylic acids is 1. The molecule has 2 unspecified atom stereocenters. The van der Waals surface area contributed by atoms with Crippen molar-refractivity contribution in [2.45, 2.75) is 58.7 Å². The van der Waals surface area contributed by atoms with Crippen LogP contribution in [0.15, 0.2) is 0 Å². The van der Waals surface area contributed by atoms with Gasteiger partial charge in [0.2, 0.25) is 0 Å². The Bertz CT molecular complexity index is 203. The average Bonchev–Trinajstić information content (AvgIpc) is 2.01. The van der Waals surface area contributed by atoms with E-state index in [1.54, 1.807) is 0 Å². The van der Waals surface area contributed by atoms with Crippen molar-refractivity contribution in [1.82, 2.24) is 4.90 Å². The van der Waals surface area contributed by atoms with Crippen LogP contribution >= 0.6 is 0 Å². The first kappa shape index (κ1) is 11.5. The van der Waals surface area contributed by atoms with Gasteiger partial charge in [0.05, 0.1) is 5.92 Å². The highest BCUT2D eigenvalue weighted by Crippen LogP contribution is 2.29. The van der Waals surface area contributed by atoms with E-state index < -0.39 is 5.97 Å². The van der Waals surface area contributed by atoms with E-state index in [-0.39, 0.29) is 5.92 Å². The zero-order valence-electron chi connectivity index (χ0n) is 9.53. The monoisotopic (exact) mass is 199 g/mol. The summed E-state index contributed by atoms with van der Waals surface area (Å²) in [4.78, 5) is 13.3. The van der Waals surface area contributed by atoms with Gasteiger partial charge in [0.1, 0.15) is 0 Å². The van der Waals surface area contributed by atoms with Crippen molar-refractivity contribution in [3.05, 3.63) is 0 Å². The molecule has 1 aliphatic heterocycles. The molecule has 14 heavy (non-hydrogen) atoms. The smallest absolute Gasteiger partial charge is 0.306 e. The van der Waals surface area contributed by atoms with E-state index in [0.29, 0.717) is 18.1 Å². The standard InChI is InChI=1S/C11H21NO2/c1-7(2)12-8(3)5-10(11(13)14)6-9(12)4/h7-10H,5-6H2,1-4H3,(H,13,14). The molecule has 82 valence electrons. The van der Waals surface area contributed by atoms with Crippen LogP contribution in [0.1, 0.15) is 40.5 Å². The van der Waals surface area contributed by atoms with Crippen molar-refractivity contribution in [3.63, 3.8) is 0 Å². The zero-order valence-corrected chi connectivity index (χ0v) is 9.53. The molecular formula is C11H21NO2. The quantitative estimate of drug-likeness (QED) is 0.739. The zero-order chi connectivity index (χ0) is 10.9. The molecule has 1 heterocycles. The average molecular weight is 199 g/mol. The van der Waals surface area contributed by atoms with Gasteiger partial charge in [-0.2, -0.15) is 0 Å². The Kier molecular flexibility index (Phi) is 3.53. The summed E-state index contributed by atoms with van der Waals surface area (Å²) in [5.74, 6) is -0.776. The molecule has 2 atom stereocenters. The number of hydrogen-bond acceptors (Lipinski definition) is 2. The topological polar surface area (TPSA) is 40.5 Å². The molecule has 0 bridgehead atoms. The van der Waals surface area contributed by atoms with Crippen LogP contribution in [0.5, 0.6) is 0 Å². The van der Waals surface area contributed by atoms with Crippen LogP contribution < -0.4 is 0 Å². The molecule has 0 saturated carbocycles. The Labute approximate surface area is 86.1 Å². The minimum atomic E-state index is -0.632. The highest BCUT2D eigenvalue weighted by Gasteiger charge is 2.35. The fourth-order valence-electron chi connectivity index (χ4n) is 2.82. The van der Waals surface area contributed by atoms with Gasteiger partial charge in [0, 0.05) is 18.1 Å². The summed E-state index contributed by atoms with van der Waals surface area (Å²) in [7, 11) is 0. The molecule has 1 saturated heterocycles. The summed E-state index contributed by atoms with van der Waals surface area (Å²) in [6.45, 7) is 8.61. The second-order valence-corrected chi connectivity index (χ2v) is 4.75. The highest BCUT2D eigenvalue weighted by molar-refractivity contribution is 5.70. The van der Waals surface area contributed by atoms with E-state index in [4.69, 9.17) is 5.11 Å². The Morgan fingerprint density at radius 1 is 1.29 bits per heavy atom. The normalized spacial score (nSPS) is 34.8. The van der Waals surface area contributed by atoms with Crippen LogP contribution in [0, 0.1) is 5.92 Å². The first-order valence-electron chi connectivity index (χ1n) is 5.43. The molecule has 0 aromatic rings. The van der Waals surface area contributed by atoms with Crippen LogP contribution in [0.3, 0.4) is 0 Å². The van der Waals surface area contributed by atoms with Crippen LogP contribution in [-0.2, 0) is 4.79 Å². The van der Waals surface area contributed by atoms with Crippen LogP contribution in [0.4, 0.5) is 0 Å². The largest absolute Gasteiger partial charge is 0.481 e. The number of carbonyl (C=O) groups is 1. The summed E-state index contributed by atoms with van der Waals surface area (Å²) in [5, 5.41) is 8.98. The minimum absolute atomic E-state index is 0.144. The maximum absolute atomic E-state index is 10.9. The highest BCUT2D eigenvalue weighted by atomic mass is 16.4. The number of carboxylic acid groups (broad SMARTS) is 1. The Morgan fingerprint density at radius 2 is 1.71 bits per heavy atom. The fourth-order valence-corrected chi connectivity index (χ4v) is 2.82. The van der Waals surface area contributed by atoms with Gasteiger partial charge in [-0.1, -0.05) is 0 Å². The Balaban J connectivity index is 2.67. The van der Waals surface area contributed by atoms with E-state index in [1.807, 2.05) is 0 Å². The number of aliphatic carboxylic acids is 1. The molecule has 0 aromatic carbocycles. The summed E-state index contributed by atoms with van der Waals surface area (Å²) in [6, 6.07) is 1.29. The first-order chi connectivity index (χ1) is 6.43. The van der Waals surface area contributed by atoms with Crippen LogP contribution in [0.25, 0.3) is 0 Å². The van der Waals surface area contributed by atoms with E-state index in [0.717, 1.165) is 12.8 Å². The molecule has 3 nitrogen and oxygen atoms in total. The lowest BCUT2D eigenvalue weighted by molar-refractivity contribution is -0.145. The lowest BCUT2D eigenvalue weighted by atomic mass is 9.86. The summed E-state index contributed by atoms with van der Waals surface area (Å²) >= 11 is 0. The number of nitrogens with zero attached hydrogens (tertiary/aromatic N) is 1. The van der Waals surface area contributed by atoms with Gasteiger partial charge in [0.15, 0.2) is 0 Å².